The first kappa shape index (κ1) is 8.00. The lowest BCUT2D eigenvalue weighted by Gasteiger charge is -1.99. The molecule has 1 aromatic rings. The second-order valence-corrected chi connectivity index (χ2v) is 1.87. The zero-order valence-electron chi connectivity index (χ0n) is 6.41. The molecule has 11 heavy (non-hydrogen) atoms. The fourth-order valence-corrected chi connectivity index (χ4v) is 0.625. The molecular weight excluding hydrogens is 146 g/mol. The molecule has 5 heteroatoms. The summed E-state index contributed by atoms with van der Waals surface area (Å²) in [4.78, 5) is 0. The van der Waals surface area contributed by atoms with Crippen LogP contribution < -0.4 is 5.32 Å². The molecule has 1 heterocycles. The molecule has 1 rings (SSSR count). The highest BCUT2D eigenvalue weighted by atomic mass is 16.5. The molecule has 0 aliphatic carbocycles. The minimum atomic E-state index is 0.435. The van der Waals surface area contributed by atoms with Crippen LogP contribution >= 0.6 is 0 Å². The van der Waals surface area contributed by atoms with E-state index in [2.05, 4.69) is 15.5 Å². The number of anilines is 1. The Kier molecular flexibility index (Phi) is 3.40. The molecule has 0 atom stereocenters. The Morgan fingerprint density at radius 2 is 2.64 bits per heavy atom. The fraction of sp³-hybridized carbons (Fsp3) is 0.667. The van der Waals surface area contributed by atoms with Gasteiger partial charge >= 0.3 is 6.01 Å². The molecule has 0 saturated heterocycles. The number of nitrogens with zero attached hydrogens (tertiary/aromatic N) is 2. The standard InChI is InChI=1S/C6H11N3O2/c1-2-10-4-3-7-6-9-8-5-11-6/h5H,2-4H2,1H3,(H,7,9). The third kappa shape index (κ3) is 2.99. The lowest BCUT2D eigenvalue weighted by Crippen LogP contribution is -2.09. The third-order valence-corrected chi connectivity index (χ3v) is 1.09. The lowest BCUT2D eigenvalue weighted by atomic mass is 10.7. The van der Waals surface area contributed by atoms with Crippen LogP contribution in [0.1, 0.15) is 6.92 Å². The molecule has 0 aliphatic heterocycles. The second kappa shape index (κ2) is 4.68. The van der Waals surface area contributed by atoms with Crippen molar-refractivity contribution in [3.63, 3.8) is 0 Å². The van der Waals surface area contributed by atoms with Crippen molar-refractivity contribution >= 4 is 6.01 Å². The van der Waals surface area contributed by atoms with Gasteiger partial charge in [0.05, 0.1) is 6.61 Å². The van der Waals surface area contributed by atoms with Crippen molar-refractivity contribution < 1.29 is 9.15 Å². The largest absolute Gasteiger partial charge is 0.411 e. The van der Waals surface area contributed by atoms with Crippen LogP contribution in [0, 0.1) is 0 Å². The minimum absolute atomic E-state index is 0.435. The predicted molar refractivity (Wildman–Crippen MR) is 39.3 cm³/mol. The van der Waals surface area contributed by atoms with E-state index < -0.39 is 0 Å². The van der Waals surface area contributed by atoms with Crippen LogP contribution in [0.5, 0.6) is 0 Å². The molecule has 0 radical (unpaired) electrons. The van der Waals surface area contributed by atoms with E-state index in [-0.39, 0.29) is 0 Å². The van der Waals surface area contributed by atoms with E-state index in [4.69, 9.17) is 9.15 Å². The van der Waals surface area contributed by atoms with Gasteiger partial charge in [-0.1, -0.05) is 5.10 Å². The van der Waals surface area contributed by atoms with Gasteiger partial charge in [0.25, 0.3) is 0 Å². The third-order valence-electron chi connectivity index (χ3n) is 1.09. The number of rotatable bonds is 5. The molecular formula is C6H11N3O2. The highest BCUT2D eigenvalue weighted by molar-refractivity contribution is 5.14. The number of aromatic nitrogens is 2. The Bertz CT molecular complexity index is 176. The summed E-state index contributed by atoms with van der Waals surface area (Å²) in [5, 5.41) is 10.0. The van der Waals surface area contributed by atoms with Crippen molar-refractivity contribution in [2.75, 3.05) is 25.1 Å². The topological polar surface area (TPSA) is 60.2 Å². The molecule has 5 nitrogen and oxygen atoms in total. The number of hydrogen-bond acceptors (Lipinski definition) is 5. The summed E-state index contributed by atoms with van der Waals surface area (Å²) in [5.74, 6) is 0. The van der Waals surface area contributed by atoms with E-state index >= 15 is 0 Å². The predicted octanol–water partition coefficient (Wildman–Crippen LogP) is 0.518. The summed E-state index contributed by atoms with van der Waals surface area (Å²) in [6, 6.07) is 0.435. The molecule has 0 unspecified atom stereocenters. The van der Waals surface area contributed by atoms with E-state index in [1.165, 1.54) is 6.39 Å². The first-order chi connectivity index (χ1) is 5.43. The summed E-state index contributed by atoms with van der Waals surface area (Å²) in [7, 11) is 0. The molecule has 0 spiro atoms. The monoisotopic (exact) mass is 157 g/mol. The average molecular weight is 157 g/mol. The van der Waals surface area contributed by atoms with E-state index in [0.717, 1.165) is 6.61 Å². The second-order valence-electron chi connectivity index (χ2n) is 1.87. The molecule has 1 N–H and O–H groups in total. The molecule has 62 valence electrons. The number of hydrogen-bond donors (Lipinski definition) is 1. The zero-order valence-corrected chi connectivity index (χ0v) is 6.41. The van der Waals surface area contributed by atoms with Crippen LogP contribution in [0.3, 0.4) is 0 Å². The van der Waals surface area contributed by atoms with Gasteiger partial charge < -0.3 is 14.5 Å². The molecule has 0 bridgehead atoms. The zero-order chi connectivity index (χ0) is 7.94. The van der Waals surface area contributed by atoms with Gasteiger partial charge in [0.2, 0.25) is 6.39 Å². The Hall–Kier alpha value is -1.10. The van der Waals surface area contributed by atoms with Crippen LogP contribution in [-0.4, -0.2) is 30.0 Å². The number of ether oxygens (including phenoxy) is 1. The van der Waals surface area contributed by atoms with Gasteiger partial charge in [-0.05, 0) is 6.92 Å². The van der Waals surface area contributed by atoms with Crippen LogP contribution in [0.15, 0.2) is 10.8 Å². The first-order valence-corrected chi connectivity index (χ1v) is 3.51. The van der Waals surface area contributed by atoms with Crippen molar-refractivity contribution in [3.8, 4) is 0 Å². The van der Waals surface area contributed by atoms with Gasteiger partial charge in [-0.15, -0.1) is 5.10 Å². The van der Waals surface area contributed by atoms with Gasteiger partial charge in [-0.3, -0.25) is 0 Å². The van der Waals surface area contributed by atoms with Crippen LogP contribution in [0.2, 0.25) is 0 Å². The normalized spacial score (nSPS) is 9.91. The maximum Gasteiger partial charge on any atom is 0.315 e. The van der Waals surface area contributed by atoms with Crippen molar-refractivity contribution in [1.29, 1.82) is 0 Å². The summed E-state index contributed by atoms with van der Waals surface area (Å²) >= 11 is 0. The summed E-state index contributed by atoms with van der Waals surface area (Å²) in [5.41, 5.74) is 0. The quantitative estimate of drug-likeness (QED) is 0.631. The Balaban J connectivity index is 2.04. The summed E-state index contributed by atoms with van der Waals surface area (Å²) in [6.45, 7) is 4.02. The fourth-order valence-electron chi connectivity index (χ4n) is 0.625. The minimum Gasteiger partial charge on any atom is -0.411 e. The first-order valence-electron chi connectivity index (χ1n) is 3.51. The van der Waals surface area contributed by atoms with E-state index in [1.807, 2.05) is 6.92 Å². The maximum atomic E-state index is 5.08. The molecule has 0 aliphatic rings. The van der Waals surface area contributed by atoms with Crippen molar-refractivity contribution in [2.24, 2.45) is 0 Å². The van der Waals surface area contributed by atoms with Gasteiger partial charge in [-0.25, -0.2) is 0 Å². The summed E-state index contributed by atoms with van der Waals surface area (Å²) < 4.78 is 9.90. The molecule has 0 saturated carbocycles. The van der Waals surface area contributed by atoms with Gasteiger partial charge in [0, 0.05) is 13.2 Å². The van der Waals surface area contributed by atoms with Crippen molar-refractivity contribution in [2.45, 2.75) is 6.92 Å². The van der Waals surface area contributed by atoms with E-state index in [9.17, 15) is 0 Å². The lowest BCUT2D eigenvalue weighted by molar-refractivity contribution is 0.157. The molecule has 0 aromatic carbocycles. The SMILES string of the molecule is CCOCCNc1nnco1. The smallest absolute Gasteiger partial charge is 0.315 e. The van der Waals surface area contributed by atoms with E-state index in [0.29, 0.717) is 19.2 Å². The van der Waals surface area contributed by atoms with E-state index in [1.54, 1.807) is 0 Å². The maximum absolute atomic E-state index is 5.08. The van der Waals surface area contributed by atoms with Gasteiger partial charge in [-0.2, -0.15) is 0 Å². The molecule has 1 aromatic heterocycles. The Morgan fingerprint density at radius 3 is 3.27 bits per heavy atom. The molecule has 0 amide bonds. The molecule has 0 fully saturated rings. The highest BCUT2D eigenvalue weighted by Crippen LogP contribution is 1.96. The van der Waals surface area contributed by atoms with Crippen LogP contribution in [-0.2, 0) is 4.74 Å². The van der Waals surface area contributed by atoms with Crippen LogP contribution in [0.25, 0.3) is 0 Å². The Labute approximate surface area is 64.8 Å². The number of nitrogens with one attached hydrogen (secondary N) is 1. The average Bonchev–Trinajstić information content (AvgIpc) is 2.50. The summed E-state index contributed by atoms with van der Waals surface area (Å²) in [6.07, 6.45) is 1.28. The van der Waals surface area contributed by atoms with Gasteiger partial charge in [0.1, 0.15) is 0 Å². The van der Waals surface area contributed by atoms with Crippen LogP contribution in [0.4, 0.5) is 6.01 Å². The van der Waals surface area contributed by atoms with Crippen molar-refractivity contribution in [3.05, 3.63) is 6.39 Å². The van der Waals surface area contributed by atoms with Gasteiger partial charge in [0.15, 0.2) is 0 Å². The highest BCUT2D eigenvalue weighted by Gasteiger charge is 1.93. The van der Waals surface area contributed by atoms with Crippen molar-refractivity contribution in [1.82, 2.24) is 10.2 Å². The Morgan fingerprint density at radius 1 is 1.73 bits per heavy atom.